The molecule has 0 atom stereocenters. The summed E-state index contributed by atoms with van der Waals surface area (Å²) in [5, 5.41) is 11.7. The summed E-state index contributed by atoms with van der Waals surface area (Å²) in [6.07, 6.45) is 0. The lowest BCUT2D eigenvalue weighted by atomic mass is 10.1. The highest BCUT2D eigenvalue weighted by Gasteiger charge is 2.09. The first-order valence-electron chi connectivity index (χ1n) is 4.55. The van der Waals surface area contributed by atoms with E-state index in [0.717, 1.165) is 16.4 Å². The van der Waals surface area contributed by atoms with E-state index in [1.165, 1.54) is 6.07 Å². The molecule has 0 aliphatic heterocycles. The maximum absolute atomic E-state index is 9.45. The molecule has 0 radical (unpaired) electrons. The Labute approximate surface area is 90.7 Å². The summed E-state index contributed by atoms with van der Waals surface area (Å²) in [4.78, 5) is 0. The van der Waals surface area contributed by atoms with Crippen molar-refractivity contribution in [2.24, 2.45) is 0 Å². The van der Waals surface area contributed by atoms with E-state index in [0.29, 0.717) is 10.6 Å². The molecule has 0 fully saturated rings. The van der Waals surface area contributed by atoms with Gasteiger partial charge >= 0.3 is 0 Å². The van der Waals surface area contributed by atoms with Crippen LogP contribution in [0.25, 0.3) is 21.9 Å². The van der Waals surface area contributed by atoms with E-state index in [1.807, 2.05) is 24.3 Å². The molecule has 2 aromatic carbocycles. The van der Waals surface area contributed by atoms with Crippen molar-refractivity contribution in [1.29, 1.82) is 0 Å². The molecular formula is C12H7ClO2. The van der Waals surface area contributed by atoms with Crippen LogP contribution in [0.2, 0.25) is 5.02 Å². The first-order valence-corrected chi connectivity index (χ1v) is 4.93. The summed E-state index contributed by atoms with van der Waals surface area (Å²) in [6, 6.07) is 11.0. The standard InChI is InChI=1S/C12H7ClO2/c13-9-5-8-7-3-1-2-4-11(7)15-12(8)6-10(9)14/h1-6,14H. The Balaban J connectivity index is 2.56. The Morgan fingerprint density at radius 2 is 1.80 bits per heavy atom. The van der Waals surface area contributed by atoms with Gasteiger partial charge in [-0.05, 0) is 12.1 Å². The van der Waals surface area contributed by atoms with Crippen LogP contribution in [0.3, 0.4) is 0 Å². The number of furan rings is 1. The van der Waals surface area contributed by atoms with Crippen LogP contribution >= 0.6 is 11.6 Å². The van der Waals surface area contributed by atoms with Gasteiger partial charge in [0.15, 0.2) is 0 Å². The molecule has 0 aliphatic rings. The summed E-state index contributed by atoms with van der Waals surface area (Å²) in [7, 11) is 0. The smallest absolute Gasteiger partial charge is 0.139 e. The zero-order valence-electron chi connectivity index (χ0n) is 7.70. The number of halogens is 1. The average molecular weight is 219 g/mol. The molecule has 0 aliphatic carbocycles. The molecule has 0 spiro atoms. The third-order valence-corrected chi connectivity index (χ3v) is 2.75. The summed E-state index contributed by atoms with van der Waals surface area (Å²) in [5.41, 5.74) is 1.45. The maximum Gasteiger partial charge on any atom is 0.139 e. The van der Waals surface area contributed by atoms with Gasteiger partial charge in [0.1, 0.15) is 16.9 Å². The van der Waals surface area contributed by atoms with Crippen LogP contribution in [0.15, 0.2) is 40.8 Å². The Kier molecular flexibility index (Phi) is 1.67. The minimum Gasteiger partial charge on any atom is -0.506 e. The number of fused-ring (bicyclic) bond motifs is 3. The Morgan fingerprint density at radius 3 is 2.67 bits per heavy atom. The first-order chi connectivity index (χ1) is 7.25. The average Bonchev–Trinajstić information content (AvgIpc) is 2.57. The second-order valence-corrected chi connectivity index (χ2v) is 3.81. The second kappa shape index (κ2) is 2.91. The molecule has 3 rings (SSSR count). The number of phenols is 1. The highest BCUT2D eigenvalue weighted by molar-refractivity contribution is 6.33. The first kappa shape index (κ1) is 8.62. The summed E-state index contributed by atoms with van der Waals surface area (Å²) in [5.74, 6) is 0.0447. The lowest BCUT2D eigenvalue weighted by Gasteiger charge is -1.94. The lowest BCUT2D eigenvalue weighted by molar-refractivity contribution is 0.475. The number of aromatic hydroxyl groups is 1. The molecular weight excluding hydrogens is 212 g/mol. The molecule has 74 valence electrons. The minimum atomic E-state index is 0.0447. The SMILES string of the molecule is Oc1cc2oc3ccccc3c2cc1Cl. The van der Waals surface area contributed by atoms with Crippen LogP contribution < -0.4 is 0 Å². The summed E-state index contributed by atoms with van der Waals surface area (Å²) in [6.45, 7) is 0. The van der Waals surface area contributed by atoms with E-state index in [4.69, 9.17) is 16.0 Å². The van der Waals surface area contributed by atoms with Gasteiger partial charge in [-0.3, -0.25) is 0 Å². The zero-order chi connectivity index (χ0) is 10.4. The molecule has 3 aromatic rings. The Hall–Kier alpha value is -1.67. The van der Waals surface area contributed by atoms with Crippen LogP contribution in [0, 0.1) is 0 Å². The molecule has 0 amide bonds. The van der Waals surface area contributed by atoms with Crippen molar-refractivity contribution in [3.8, 4) is 5.75 Å². The number of rotatable bonds is 0. The predicted octanol–water partition coefficient (Wildman–Crippen LogP) is 3.95. The van der Waals surface area contributed by atoms with Crippen molar-refractivity contribution in [1.82, 2.24) is 0 Å². The Morgan fingerprint density at radius 1 is 1.00 bits per heavy atom. The van der Waals surface area contributed by atoms with Crippen LogP contribution in [-0.2, 0) is 0 Å². The molecule has 1 N–H and O–H groups in total. The van der Waals surface area contributed by atoms with Gasteiger partial charge in [0.25, 0.3) is 0 Å². The fraction of sp³-hybridized carbons (Fsp3) is 0. The van der Waals surface area contributed by atoms with Crippen molar-refractivity contribution >= 4 is 33.5 Å². The number of benzene rings is 2. The third kappa shape index (κ3) is 1.18. The van der Waals surface area contributed by atoms with Gasteiger partial charge in [-0.2, -0.15) is 0 Å². The molecule has 1 heterocycles. The Bertz CT molecular complexity index is 655. The summed E-state index contributed by atoms with van der Waals surface area (Å²) < 4.78 is 5.57. The fourth-order valence-corrected chi connectivity index (χ4v) is 1.90. The van der Waals surface area contributed by atoms with Gasteiger partial charge in [-0.25, -0.2) is 0 Å². The van der Waals surface area contributed by atoms with E-state index < -0.39 is 0 Å². The van der Waals surface area contributed by atoms with E-state index in [1.54, 1.807) is 6.07 Å². The van der Waals surface area contributed by atoms with Crippen LogP contribution in [-0.4, -0.2) is 5.11 Å². The van der Waals surface area contributed by atoms with Gasteiger partial charge in [0.05, 0.1) is 5.02 Å². The van der Waals surface area contributed by atoms with E-state index in [9.17, 15) is 5.11 Å². The number of phenolic OH excluding ortho intramolecular Hbond substituents is 1. The van der Waals surface area contributed by atoms with E-state index in [-0.39, 0.29) is 5.75 Å². The largest absolute Gasteiger partial charge is 0.506 e. The highest BCUT2D eigenvalue weighted by Crippen LogP contribution is 2.35. The van der Waals surface area contributed by atoms with Crippen molar-refractivity contribution < 1.29 is 9.52 Å². The van der Waals surface area contributed by atoms with Gasteiger partial charge in [0, 0.05) is 16.8 Å². The zero-order valence-corrected chi connectivity index (χ0v) is 8.45. The minimum absolute atomic E-state index is 0.0447. The molecule has 0 bridgehead atoms. The predicted molar refractivity (Wildman–Crippen MR) is 60.4 cm³/mol. The van der Waals surface area contributed by atoms with Crippen molar-refractivity contribution in [2.45, 2.75) is 0 Å². The van der Waals surface area contributed by atoms with Crippen molar-refractivity contribution in [2.75, 3.05) is 0 Å². The van der Waals surface area contributed by atoms with Gasteiger partial charge in [-0.15, -0.1) is 0 Å². The number of hydrogen-bond donors (Lipinski definition) is 1. The third-order valence-electron chi connectivity index (χ3n) is 2.45. The van der Waals surface area contributed by atoms with Gasteiger partial charge in [0.2, 0.25) is 0 Å². The molecule has 1 aromatic heterocycles. The number of hydrogen-bond acceptors (Lipinski definition) is 2. The van der Waals surface area contributed by atoms with Crippen molar-refractivity contribution in [3.63, 3.8) is 0 Å². The normalized spacial score (nSPS) is 11.3. The number of para-hydroxylation sites is 1. The molecule has 2 nitrogen and oxygen atoms in total. The van der Waals surface area contributed by atoms with Gasteiger partial charge in [-0.1, -0.05) is 29.8 Å². The quantitative estimate of drug-likeness (QED) is 0.620. The lowest BCUT2D eigenvalue weighted by Crippen LogP contribution is -1.69. The molecule has 0 saturated heterocycles. The molecule has 0 saturated carbocycles. The maximum atomic E-state index is 9.45. The molecule has 0 unspecified atom stereocenters. The van der Waals surface area contributed by atoms with Crippen molar-refractivity contribution in [3.05, 3.63) is 41.4 Å². The van der Waals surface area contributed by atoms with Crippen LogP contribution in [0.5, 0.6) is 5.75 Å². The monoisotopic (exact) mass is 218 g/mol. The molecule has 15 heavy (non-hydrogen) atoms. The van der Waals surface area contributed by atoms with E-state index >= 15 is 0 Å². The van der Waals surface area contributed by atoms with Crippen LogP contribution in [0.4, 0.5) is 0 Å². The summed E-state index contributed by atoms with van der Waals surface area (Å²) >= 11 is 5.85. The van der Waals surface area contributed by atoms with Crippen LogP contribution in [0.1, 0.15) is 0 Å². The topological polar surface area (TPSA) is 33.4 Å². The molecule has 3 heteroatoms. The van der Waals surface area contributed by atoms with E-state index in [2.05, 4.69) is 0 Å². The fourth-order valence-electron chi connectivity index (χ4n) is 1.73. The second-order valence-electron chi connectivity index (χ2n) is 3.40. The highest BCUT2D eigenvalue weighted by atomic mass is 35.5. The van der Waals surface area contributed by atoms with Gasteiger partial charge < -0.3 is 9.52 Å².